The van der Waals surface area contributed by atoms with Gasteiger partial charge in [0.2, 0.25) is 0 Å². The molecule has 1 aliphatic rings. The Balaban J connectivity index is 2.14. The van der Waals surface area contributed by atoms with Crippen molar-refractivity contribution in [3.63, 3.8) is 0 Å². The summed E-state index contributed by atoms with van der Waals surface area (Å²) in [6.45, 7) is 6.65. The predicted molar refractivity (Wildman–Crippen MR) is 83.6 cm³/mol. The minimum absolute atomic E-state index is 0.418. The summed E-state index contributed by atoms with van der Waals surface area (Å²) >= 11 is 0. The van der Waals surface area contributed by atoms with Crippen LogP contribution in [0.4, 0.5) is 0 Å². The number of hydrogen-bond donors (Lipinski definition) is 1. The van der Waals surface area contributed by atoms with Gasteiger partial charge in [-0.3, -0.25) is 5.32 Å². The third kappa shape index (κ3) is 6.24. The van der Waals surface area contributed by atoms with Crippen LogP contribution in [0.2, 0.25) is 0 Å². The van der Waals surface area contributed by atoms with Crippen LogP contribution < -0.4 is 5.32 Å². The molecule has 0 heterocycles. The highest BCUT2D eigenvalue weighted by atomic mass is 16.5. The van der Waals surface area contributed by atoms with Crippen LogP contribution in [-0.2, 0) is 4.74 Å². The summed E-state index contributed by atoms with van der Waals surface area (Å²) in [5.41, 5.74) is -0.418. The first-order valence-electron chi connectivity index (χ1n) is 8.53. The Labute approximate surface area is 125 Å². The first kappa shape index (κ1) is 17.5. The second-order valence-electron chi connectivity index (χ2n) is 6.10. The Kier molecular flexibility index (Phi) is 8.89. The molecule has 20 heavy (non-hydrogen) atoms. The molecule has 1 atom stereocenters. The second-order valence-corrected chi connectivity index (χ2v) is 6.10. The molecular formula is C17H32N2O. The first-order chi connectivity index (χ1) is 9.79. The Morgan fingerprint density at radius 2 is 1.80 bits per heavy atom. The molecular weight excluding hydrogens is 248 g/mol. The van der Waals surface area contributed by atoms with Crippen molar-refractivity contribution >= 4 is 0 Å². The third-order valence-electron chi connectivity index (χ3n) is 4.14. The molecule has 0 spiro atoms. The lowest BCUT2D eigenvalue weighted by Crippen LogP contribution is -2.50. The standard InChI is InChI=1S/C17H32N2O/c1-3-5-6-7-8-9-13-20-15-17(14-18,16-10-11-16)19-12-4-2/h16,19H,3-13,15H2,1-2H3. The van der Waals surface area contributed by atoms with Crippen LogP contribution in [-0.4, -0.2) is 25.3 Å². The van der Waals surface area contributed by atoms with Crippen molar-refractivity contribution < 1.29 is 4.74 Å². The van der Waals surface area contributed by atoms with Crippen LogP contribution in [0.3, 0.4) is 0 Å². The van der Waals surface area contributed by atoms with E-state index in [4.69, 9.17) is 4.74 Å². The van der Waals surface area contributed by atoms with Gasteiger partial charge in [-0.05, 0) is 38.1 Å². The normalized spacial score (nSPS) is 17.6. The van der Waals surface area contributed by atoms with Gasteiger partial charge in [0.05, 0.1) is 12.7 Å². The molecule has 0 saturated heterocycles. The molecule has 0 aromatic rings. The second kappa shape index (κ2) is 10.2. The van der Waals surface area contributed by atoms with Crippen molar-refractivity contribution in [3.05, 3.63) is 0 Å². The van der Waals surface area contributed by atoms with E-state index in [0.717, 1.165) is 26.0 Å². The lowest BCUT2D eigenvalue weighted by Gasteiger charge is -2.27. The van der Waals surface area contributed by atoms with Crippen molar-refractivity contribution in [2.75, 3.05) is 19.8 Å². The summed E-state index contributed by atoms with van der Waals surface area (Å²) in [6, 6.07) is 2.50. The maximum Gasteiger partial charge on any atom is 0.133 e. The van der Waals surface area contributed by atoms with E-state index in [-0.39, 0.29) is 0 Å². The van der Waals surface area contributed by atoms with E-state index in [1.165, 1.54) is 44.9 Å². The Morgan fingerprint density at radius 3 is 2.40 bits per heavy atom. The Morgan fingerprint density at radius 1 is 1.10 bits per heavy atom. The molecule has 0 aliphatic heterocycles. The molecule has 0 bridgehead atoms. The molecule has 1 fully saturated rings. The van der Waals surface area contributed by atoms with Gasteiger partial charge >= 0.3 is 0 Å². The molecule has 0 aromatic carbocycles. The molecule has 1 aliphatic carbocycles. The first-order valence-corrected chi connectivity index (χ1v) is 8.53. The molecule has 1 N–H and O–H groups in total. The van der Waals surface area contributed by atoms with Gasteiger partial charge in [0.25, 0.3) is 0 Å². The molecule has 1 unspecified atom stereocenters. The summed E-state index contributed by atoms with van der Waals surface area (Å²) in [7, 11) is 0. The molecule has 1 saturated carbocycles. The Hall–Kier alpha value is -0.590. The lowest BCUT2D eigenvalue weighted by atomic mass is 9.96. The quantitative estimate of drug-likeness (QED) is 0.518. The topological polar surface area (TPSA) is 45.0 Å². The van der Waals surface area contributed by atoms with Crippen LogP contribution in [0.5, 0.6) is 0 Å². The minimum Gasteiger partial charge on any atom is -0.378 e. The number of nitriles is 1. The van der Waals surface area contributed by atoms with Gasteiger partial charge in [0, 0.05) is 6.61 Å². The zero-order chi connectivity index (χ0) is 14.7. The number of ether oxygens (including phenoxy) is 1. The van der Waals surface area contributed by atoms with E-state index in [9.17, 15) is 5.26 Å². The summed E-state index contributed by atoms with van der Waals surface area (Å²) in [5, 5.41) is 12.9. The van der Waals surface area contributed by atoms with Crippen molar-refractivity contribution in [1.82, 2.24) is 5.32 Å². The van der Waals surface area contributed by atoms with Gasteiger partial charge in [-0.2, -0.15) is 5.26 Å². The number of rotatable bonds is 13. The minimum atomic E-state index is -0.418. The fraction of sp³-hybridized carbons (Fsp3) is 0.941. The van der Waals surface area contributed by atoms with E-state index >= 15 is 0 Å². The third-order valence-corrected chi connectivity index (χ3v) is 4.14. The highest BCUT2D eigenvalue weighted by molar-refractivity contribution is 5.15. The fourth-order valence-corrected chi connectivity index (χ4v) is 2.62. The van der Waals surface area contributed by atoms with Crippen LogP contribution in [0.1, 0.15) is 71.6 Å². The fourth-order valence-electron chi connectivity index (χ4n) is 2.62. The van der Waals surface area contributed by atoms with Gasteiger partial charge in [-0.1, -0.05) is 46.0 Å². The molecule has 0 amide bonds. The van der Waals surface area contributed by atoms with Crippen molar-refractivity contribution in [3.8, 4) is 6.07 Å². The SMILES string of the molecule is CCCCCCCCOCC(C#N)(NCCC)C1CC1. The molecule has 0 radical (unpaired) electrons. The maximum atomic E-state index is 9.52. The average Bonchev–Trinajstić information content (AvgIpc) is 3.30. The predicted octanol–water partition coefficient (Wildman–Crippen LogP) is 4.04. The highest BCUT2D eigenvalue weighted by Crippen LogP contribution is 2.39. The number of nitrogens with one attached hydrogen (secondary N) is 1. The van der Waals surface area contributed by atoms with Crippen molar-refractivity contribution in [1.29, 1.82) is 5.26 Å². The zero-order valence-electron chi connectivity index (χ0n) is 13.4. The Bertz CT molecular complexity index is 283. The van der Waals surface area contributed by atoms with Crippen molar-refractivity contribution in [2.24, 2.45) is 5.92 Å². The smallest absolute Gasteiger partial charge is 0.133 e. The van der Waals surface area contributed by atoms with Crippen LogP contribution in [0.25, 0.3) is 0 Å². The monoisotopic (exact) mass is 280 g/mol. The van der Waals surface area contributed by atoms with E-state index < -0.39 is 5.54 Å². The number of nitrogens with zero attached hydrogens (tertiary/aromatic N) is 1. The van der Waals surface area contributed by atoms with Gasteiger partial charge in [-0.15, -0.1) is 0 Å². The van der Waals surface area contributed by atoms with Gasteiger partial charge in [-0.25, -0.2) is 0 Å². The van der Waals surface area contributed by atoms with Crippen LogP contribution >= 0.6 is 0 Å². The van der Waals surface area contributed by atoms with E-state index in [2.05, 4.69) is 25.2 Å². The molecule has 1 rings (SSSR count). The number of hydrogen-bond acceptors (Lipinski definition) is 3. The summed E-state index contributed by atoms with van der Waals surface area (Å²) in [5.74, 6) is 0.503. The lowest BCUT2D eigenvalue weighted by molar-refractivity contribution is 0.0781. The van der Waals surface area contributed by atoms with Gasteiger partial charge < -0.3 is 4.74 Å². The number of unbranched alkanes of at least 4 members (excludes halogenated alkanes) is 5. The highest BCUT2D eigenvalue weighted by Gasteiger charge is 2.45. The largest absolute Gasteiger partial charge is 0.378 e. The summed E-state index contributed by atoms with van der Waals surface area (Å²) < 4.78 is 5.81. The van der Waals surface area contributed by atoms with Gasteiger partial charge in [0.15, 0.2) is 0 Å². The summed E-state index contributed by atoms with van der Waals surface area (Å²) in [4.78, 5) is 0. The zero-order valence-corrected chi connectivity index (χ0v) is 13.4. The van der Waals surface area contributed by atoms with E-state index in [1.807, 2.05) is 0 Å². The van der Waals surface area contributed by atoms with Crippen molar-refractivity contribution in [2.45, 2.75) is 77.2 Å². The molecule has 3 nitrogen and oxygen atoms in total. The van der Waals surface area contributed by atoms with E-state index in [0.29, 0.717) is 12.5 Å². The van der Waals surface area contributed by atoms with Crippen LogP contribution in [0.15, 0.2) is 0 Å². The summed E-state index contributed by atoms with van der Waals surface area (Å²) in [6.07, 6.45) is 11.1. The molecule has 116 valence electrons. The van der Waals surface area contributed by atoms with Gasteiger partial charge in [0.1, 0.15) is 5.54 Å². The van der Waals surface area contributed by atoms with Crippen LogP contribution in [0, 0.1) is 17.2 Å². The average molecular weight is 280 g/mol. The maximum absolute atomic E-state index is 9.52. The molecule has 3 heteroatoms. The molecule has 0 aromatic heterocycles. The van der Waals surface area contributed by atoms with E-state index in [1.54, 1.807) is 0 Å².